The molecule has 0 saturated heterocycles. The van der Waals surface area contributed by atoms with E-state index in [4.69, 9.17) is 0 Å². The summed E-state index contributed by atoms with van der Waals surface area (Å²) in [4.78, 5) is 16.3. The van der Waals surface area contributed by atoms with Crippen LogP contribution in [0.15, 0.2) is 12.4 Å². The van der Waals surface area contributed by atoms with Crippen molar-refractivity contribution in [3.05, 3.63) is 18.2 Å². The van der Waals surface area contributed by atoms with E-state index in [1.165, 1.54) is 19.3 Å². The third-order valence-electron chi connectivity index (χ3n) is 3.58. The molecule has 1 aliphatic carbocycles. The average Bonchev–Trinajstić information content (AvgIpc) is 2.76. The van der Waals surface area contributed by atoms with Crippen LogP contribution < -0.4 is 5.32 Å². The van der Waals surface area contributed by atoms with Gasteiger partial charge in [0.05, 0.1) is 6.04 Å². The maximum Gasteiger partial charge on any atom is 0.223 e. The molecule has 1 aromatic heterocycles. The van der Waals surface area contributed by atoms with E-state index < -0.39 is 0 Å². The lowest BCUT2D eigenvalue weighted by Crippen LogP contribution is -2.34. The summed E-state index contributed by atoms with van der Waals surface area (Å²) in [6.07, 6.45) is 9.40. The molecule has 1 fully saturated rings. The number of carbonyl (C=O) groups is 1. The Hall–Kier alpha value is -1.32. The van der Waals surface area contributed by atoms with Crippen LogP contribution in [0, 0.1) is 5.92 Å². The highest BCUT2D eigenvalue weighted by Crippen LogP contribution is 2.24. The van der Waals surface area contributed by atoms with Crippen molar-refractivity contribution < 1.29 is 4.79 Å². The first-order valence-electron chi connectivity index (χ1n) is 6.46. The van der Waals surface area contributed by atoms with Crippen molar-refractivity contribution >= 4 is 5.91 Å². The first-order chi connectivity index (χ1) is 8.18. The fraction of sp³-hybridized carbons (Fsp3) is 0.692. The molecule has 17 heavy (non-hydrogen) atoms. The van der Waals surface area contributed by atoms with Crippen LogP contribution in [0.1, 0.15) is 50.9 Å². The zero-order valence-electron chi connectivity index (χ0n) is 10.6. The van der Waals surface area contributed by atoms with E-state index in [9.17, 15) is 4.79 Å². The van der Waals surface area contributed by atoms with Gasteiger partial charge in [-0.2, -0.15) is 0 Å². The van der Waals surface area contributed by atoms with E-state index in [1.54, 1.807) is 6.20 Å². The summed E-state index contributed by atoms with van der Waals surface area (Å²) in [5, 5.41) is 3.07. The number of imidazole rings is 1. The van der Waals surface area contributed by atoms with Crippen LogP contribution in [-0.4, -0.2) is 15.5 Å². The second-order valence-electron chi connectivity index (χ2n) is 4.96. The van der Waals surface area contributed by atoms with Gasteiger partial charge in [-0.3, -0.25) is 4.79 Å². The maximum atomic E-state index is 12.1. The molecule has 1 atom stereocenters. The van der Waals surface area contributed by atoms with E-state index in [2.05, 4.69) is 10.3 Å². The highest BCUT2D eigenvalue weighted by atomic mass is 16.1. The molecule has 1 saturated carbocycles. The van der Waals surface area contributed by atoms with E-state index in [0.717, 1.165) is 18.7 Å². The summed E-state index contributed by atoms with van der Waals surface area (Å²) >= 11 is 0. The fourth-order valence-electron chi connectivity index (χ4n) is 2.55. The molecule has 1 amide bonds. The zero-order valence-corrected chi connectivity index (χ0v) is 10.6. The minimum atomic E-state index is -0.00979. The van der Waals surface area contributed by atoms with Crippen LogP contribution >= 0.6 is 0 Å². The summed E-state index contributed by atoms with van der Waals surface area (Å²) in [5.41, 5.74) is 0. The van der Waals surface area contributed by atoms with Gasteiger partial charge in [0.1, 0.15) is 5.82 Å². The summed E-state index contributed by atoms with van der Waals surface area (Å²) in [5.74, 6) is 1.32. The third-order valence-corrected chi connectivity index (χ3v) is 3.58. The Balaban J connectivity index is 1.92. The van der Waals surface area contributed by atoms with E-state index in [1.807, 2.05) is 24.7 Å². The highest BCUT2D eigenvalue weighted by Gasteiger charge is 2.23. The van der Waals surface area contributed by atoms with Gasteiger partial charge in [-0.05, 0) is 19.8 Å². The monoisotopic (exact) mass is 235 g/mol. The summed E-state index contributed by atoms with van der Waals surface area (Å²) in [7, 11) is 1.95. The lowest BCUT2D eigenvalue weighted by atomic mass is 9.88. The van der Waals surface area contributed by atoms with Crippen molar-refractivity contribution in [2.45, 2.75) is 45.1 Å². The Morgan fingerprint density at radius 1 is 1.47 bits per heavy atom. The summed E-state index contributed by atoms with van der Waals surface area (Å²) in [6, 6.07) is -0.00979. The normalized spacial score (nSPS) is 18.9. The van der Waals surface area contributed by atoms with Gasteiger partial charge in [0, 0.05) is 25.4 Å². The maximum absolute atomic E-state index is 12.1. The lowest BCUT2D eigenvalue weighted by molar-refractivity contribution is -0.126. The Morgan fingerprint density at radius 3 is 2.76 bits per heavy atom. The van der Waals surface area contributed by atoms with Crippen LogP contribution in [0.4, 0.5) is 0 Å². The van der Waals surface area contributed by atoms with Crippen molar-refractivity contribution in [1.82, 2.24) is 14.9 Å². The molecule has 1 heterocycles. The average molecular weight is 235 g/mol. The number of hydrogen-bond acceptors (Lipinski definition) is 2. The Labute approximate surface area is 102 Å². The number of aromatic nitrogens is 2. The molecule has 1 N–H and O–H groups in total. The highest BCUT2D eigenvalue weighted by molar-refractivity contribution is 5.79. The molecule has 0 spiro atoms. The Bertz CT molecular complexity index is 380. The molecule has 1 aliphatic rings. The van der Waals surface area contributed by atoms with E-state index in [0.29, 0.717) is 0 Å². The van der Waals surface area contributed by atoms with E-state index >= 15 is 0 Å². The van der Waals surface area contributed by atoms with Crippen molar-refractivity contribution in [2.24, 2.45) is 13.0 Å². The van der Waals surface area contributed by atoms with Crippen molar-refractivity contribution in [3.8, 4) is 0 Å². The van der Waals surface area contributed by atoms with Gasteiger partial charge in [0.2, 0.25) is 5.91 Å². The molecule has 0 radical (unpaired) electrons. The minimum Gasteiger partial charge on any atom is -0.346 e. The largest absolute Gasteiger partial charge is 0.346 e. The molecule has 1 unspecified atom stereocenters. The number of aryl methyl sites for hydroxylation is 1. The molecule has 0 bridgehead atoms. The smallest absolute Gasteiger partial charge is 0.223 e. The number of amides is 1. The molecular weight excluding hydrogens is 214 g/mol. The molecule has 4 nitrogen and oxygen atoms in total. The van der Waals surface area contributed by atoms with Crippen molar-refractivity contribution in [2.75, 3.05) is 0 Å². The fourth-order valence-corrected chi connectivity index (χ4v) is 2.55. The second kappa shape index (κ2) is 5.34. The molecule has 2 rings (SSSR count). The third kappa shape index (κ3) is 2.87. The molecule has 1 aromatic rings. The Kier molecular flexibility index (Phi) is 3.82. The quantitative estimate of drug-likeness (QED) is 0.873. The standard InChI is InChI=1S/C13H21N3O/c1-10(12-14-8-9-16(12)2)15-13(17)11-6-4-3-5-7-11/h8-11H,3-7H2,1-2H3,(H,15,17). The number of rotatable bonds is 3. The first-order valence-corrected chi connectivity index (χ1v) is 6.46. The van der Waals surface area contributed by atoms with Crippen molar-refractivity contribution in [3.63, 3.8) is 0 Å². The lowest BCUT2D eigenvalue weighted by Gasteiger charge is -2.23. The predicted molar refractivity (Wildman–Crippen MR) is 66.3 cm³/mol. The number of nitrogens with one attached hydrogen (secondary N) is 1. The molecule has 0 aliphatic heterocycles. The number of carbonyl (C=O) groups excluding carboxylic acids is 1. The van der Waals surface area contributed by atoms with Crippen LogP contribution in [0.3, 0.4) is 0 Å². The zero-order chi connectivity index (χ0) is 12.3. The SMILES string of the molecule is CC(NC(=O)C1CCCCC1)c1nccn1C. The topological polar surface area (TPSA) is 46.9 Å². The van der Waals surface area contributed by atoms with Gasteiger partial charge in [-0.25, -0.2) is 4.98 Å². The minimum absolute atomic E-state index is 0.00979. The number of hydrogen-bond donors (Lipinski definition) is 1. The second-order valence-corrected chi connectivity index (χ2v) is 4.96. The molecule has 4 heteroatoms. The summed E-state index contributed by atoms with van der Waals surface area (Å²) in [6.45, 7) is 1.99. The first kappa shape index (κ1) is 12.1. The van der Waals surface area contributed by atoms with E-state index in [-0.39, 0.29) is 17.9 Å². The van der Waals surface area contributed by atoms with Gasteiger partial charge < -0.3 is 9.88 Å². The van der Waals surface area contributed by atoms with Crippen LogP contribution in [-0.2, 0) is 11.8 Å². The van der Waals surface area contributed by atoms with Crippen LogP contribution in [0.5, 0.6) is 0 Å². The Morgan fingerprint density at radius 2 is 2.18 bits per heavy atom. The van der Waals surface area contributed by atoms with Crippen LogP contribution in [0.2, 0.25) is 0 Å². The van der Waals surface area contributed by atoms with Gasteiger partial charge in [0.15, 0.2) is 0 Å². The molecular formula is C13H21N3O. The van der Waals surface area contributed by atoms with Gasteiger partial charge in [0.25, 0.3) is 0 Å². The van der Waals surface area contributed by atoms with Gasteiger partial charge in [-0.1, -0.05) is 19.3 Å². The predicted octanol–water partition coefficient (Wildman–Crippen LogP) is 2.18. The van der Waals surface area contributed by atoms with Gasteiger partial charge >= 0.3 is 0 Å². The molecule has 0 aromatic carbocycles. The summed E-state index contributed by atoms with van der Waals surface area (Å²) < 4.78 is 1.95. The molecule has 94 valence electrons. The van der Waals surface area contributed by atoms with Gasteiger partial charge in [-0.15, -0.1) is 0 Å². The number of nitrogens with zero attached hydrogens (tertiary/aromatic N) is 2. The van der Waals surface area contributed by atoms with Crippen molar-refractivity contribution in [1.29, 1.82) is 0 Å². The van der Waals surface area contributed by atoms with Crippen LogP contribution in [0.25, 0.3) is 0 Å².